The van der Waals surface area contributed by atoms with Gasteiger partial charge in [-0.25, -0.2) is 4.57 Å². The second-order valence-electron chi connectivity index (χ2n) is 11.1. The van der Waals surface area contributed by atoms with Gasteiger partial charge in [0, 0.05) is 50.0 Å². The molecular weight excluding hydrogens is 642 g/mol. The van der Waals surface area contributed by atoms with E-state index >= 15 is 0 Å². The quantitative estimate of drug-likeness (QED) is 0.0348. The van der Waals surface area contributed by atoms with E-state index in [4.69, 9.17) is 30.5 Å². The highest BCUT2D eigenvalue weighted by atomic mass is 32.5. The van der Waals surface area contributed by atoms with Gasteiger partial charge in [0.05, 0.1) is 13.2 Å². The first-order valence-electron chi connectivity index (χ1n) is 15.0. The third-order valence-electron chi connectivity index (χ3n) is 6.50. The molecule has 15 nitrogen and oxygen atoms in total. The highest BCUT2D eigenvalue weighted by Gasteiger charge is 2.26. The maximum Gasteiger partial charge on any atom is 0.474 e. The number of phosphoric ester groups is 1. The van der Waals surface area contributed by atoms with Crippen LogP contribution in [0, 0.1) is 23.7 Å². The zero-order valence-corrected chi connectivity index (χ0v) is 28.8. The number of hydrogen-bond acceptors (Lipinski definition) is 12. The van der Waals surface area contributed by atoms with Gasteiger partial charge in [-0.1, -0.05) is 33.6 Å². The molecule has 0 heterocycles. The average molecular weight is 697 g/mol. The lowest BCUT2D eigenvalue weighted by Crippen LogP contribution is -2.30. The molecule has 0 aromatic heterocycles. The van der Waals surface area contributed by atoms with Crippen molar-refractivity contribution < 1.29 is 62.5 Å². The lowest BCUT2D eigenvalue weighted by atomic mass is 10.0. The molecule has 7 atom stereocenters. The van der Waals surface area contributed by atoms with Crippen molar-refractivity contribution in [1.29, 1.82) is 0 Å². The number of unbranched alkanes of at least 4 members (excludes halogenated alkanes) is 2. The second-order valence-corrected chi connectivity index (χ2v) is 15.3. The molecule has 0 aromatic carbocycles. The van der Waals surface area contributed by atoms with Crippen molar-refractivity contribution >= 4 is 38.2 Å². The maximum absolute atomic E-state index is 12.4. The summed E-state index contributed by atoms with van der Waals surface area (Å²) in [5, 5.41) is 43.8. The van der Waals surface area contributed by atoms with Gasteiger partial charge in [-0.05, 0) is 57.3 Å². The lowest BCUT2D eigenvalue weighted by Gasteiger charge is -2.23. The van der Waals surface area contributed by atoms with E-state index in [1.165, 1.54) is 0 Å². The monoisotopic (exact) mass is 696 g/mol. The molecule has 0 rings (SSSR count). The summed E-state index contributed by atoms with van der Waals surface area (Å²) in [5.74, 6) is -1.55. The van der Waals surface area contributed by atoms with Gasteiger partial charge in [0.15, 0.2) is 12.6 Å². The van der Waals surface area contributed by atoms with E-state index in [0.29, 0.717) is 38.8 Å². The average Bonchev–Trinajstić information content (AvgIpc) is 2.93. The molecule has 0 saturated carbocycles. The van der Waals surface area contributed by atoms with Gasteiger partial charge in [0.1, 0.15) is 0 Å². The van der Waals surface area contributed by atoms with Crippen LogP contribution in [0.15, 0.2) is 0 Å². The number of rotatable bonds is 27. The Morgan fingerprint density at radius 2 is 1.25 bits per heavy atom. The van der Waals surface area contributed by atoms with Gasteiger partial charge in [0.2, 0.25) is 11.8 Å². The van der Waals surface area contributed by atoms with E-state index in [2.05, 4.69) is 15.2 Å². The van der Waals surface area contributed by atoms with Crippen LogP contribution in [0.25, 0.3) is 0 Å². The maximum atomic E-state index is 12.4. The molecule has 0 fully saturated rings. The normalized spacial score (nSPS) is 18.1. The van der Waals surface area contributed by atoms with Crippen molar-refractivity contribution in [1.82, 2.24) is 10.6 Å². The molecule has 0 saturated heterocycles. The summed E-state index contributed by atoms with van der Waals surface area (Å²) in [7, 11) is -4.42. The molecule has 0 bridgehead atoms. The van der Waals surface area contributed by atoms with Crippen LogP contribution in [-0.2, 0) is 44.1 Å². The van der Waals surface area contributed by atoms with Crippen molar-refractivity contribution in [2.45, 2.75) is 91.6 Å². The number of nitrogens with one attached hydrogen (secondary N) is 2. The van der Waals surface area contributed by atoms with Gasteiger partial charge in [-0.3, -0.25) is 23.2 Å². The van der Waals surface area contributed by atoms with Crippen LogP contribution in [-0.4, -0.2) is 94.1 Å². The molecule has 0 aliphatic carbocycles. The molecule has 2 amide bonds. The fourth-order valence-corrected chi connectivity index (χ4v) is 5.95. The van der Waals surface area contributed by atoms with E-state index in [-0.39, 0.29) is 62.9 Å². The standard InChI is InChI=1S/C26H54N2O13P2S/c1-19(2)25(33)27-13-7-5-10-23(16-30)18-39-43(37,44)41-24(32)12-11-20(3)26(34)28-14-8-6-9-22(15-29)17-38-42(35,36)40-21(4)31/h19-24,29-32H,5-18H2,1-4H3,(H,27,33)(H,28,34)(H,35,36)(H,37,44). The fraction of sp³-hybridized carbons (Fsp3) is 0.923. The predicted octanol–water partition coefficient (Wildman–Crippen LogP) is 1.89. The summed E-state index contributed by atoms with van der Waals surface area (Å²) in [6.45, 7) is 2.81. The Morgan fingerprint density at radius 1 is 0.750 bits per heavy atom. The summed E-state index contributed by atoms with van der Waals surface area (Å²) in [4.78, 5) is 43.7. The Bertz CT molecular complexity index is 900. The van der Waals surface area contributed by atoms with Gasteiger partial charge < -0.3 is 45.4 Å². The number of aliphatic hydroxyl groups is 4. The van der Waals surface area contributed by atoms with Crippen LogP contribution in [0.1, 0.15) is 79.1 Å². The van der Waals surface area contributed by atoms with Crippen LogP contribution in [0.3, 0.4) is 0 Å². The van der Waals surface area contributed by atoms with E-state index in [1.54, 1.807) is 6.92 Å². The van der Waals surface area contributed by atoms with Gasteiger partial charge in [-0.15, -0.1) is 0 Å². The van der Waals surface area contributed by atoms with E-state index in [0.717, 1.165) is 19.8 Å². The minimum absolute atomic E-state index is 0.0199. The zero-order valence-electron chi connectivity index (χ0n) is 26.2. The highest BCUT2D eigenvalue weighted by molar-refractivity contribution is 8.07. The SMILES string of the molecule is CC(O)OP(=O)(O)OCC(CO)CCCCNC(=O)C(C)CCC(O)OP(O)(=S)OCC(CO)CCCCNC(=O)C(C)C. The van der Waals surface area contributed by atoms with Crippen molar-refractivity contribution in [3.05, 3.63) is 0 Å². The molecule has 0 radical (unpaired) electrons. The van der Waals surface area contributed by atoms with E-state index in [9.17, 15) is 39.3 Å². The lowest BCUT2D eigenvalue weighted by molar-refractivity contribution is -0.125. The first kappa shape index (κ1) is 43.4. The summed E-state index contributed by atoms with van der Waals surface area (Å²) in [5.41, 5.74) is 0. The molecule has 0 aromatic rings. The topological polar surface area (TPSA) is 234 Å². The molecule has 18 heteroatoms. The Kier molecular flexibility index (Phi) is 23.4. The van der Waals surface area contributed by atoms with Gasteiger partial charge in [0.25, 0.3) is 0 Å². The van der Waals surface area contributed by atoms with Gasteiger partial charge >= 0.3 is 14.5 Å². The van der Waals surface area contributed by atoms with Crippen LogP contribution in [0.5, 0.6) is 0 Å². The largest absolute Gasteiger partial charge is 0.474 e. The molecule has 0 aliphatic rings. The number of phosphoric acid groups is 1. The van der Waals surface area contributed by atoms with E-state index in [1.807, 2.05) is 13.8 Å². The molecule has 0 spiro atoms. The third-order valence-corrected chi connectivity index (χ3v) is 9.11. The first-order chi connectivity index (χ1) is 20.5. The first-order valence-corrected chi connectivity index (χ1v) is 19.0. The molecule has 44 heavy (non-hydrogen) atoms. The fourth-order valence-electron chi connectivity index (χ4n) is 3.76. The summed E-state index contributed by atoms with van der Waals surface area (Å²) < 4.78 is 31.2. The number of hydrogen-bond donors (Lipinski definition) is 8. The minimum Gasteiger partial charge on any atom is -0.396 e. The smallest absolute Gasteiger partial charge is 0.396 e. The zero-order chi connectivity index (χ0) is 33.8. The van der Waals surface area contributed by atoms with Crippen molar-refractivity contribution in [3.8, 4) is 0 Å². The second kappa shape index (κ2) is 23.7. The molecule has 8 N–H and O–H groups in total. The highest BCUT2D eigenvalue weighted by Crippen LogP contribution is 2.46. The molecule has 262 valence electrons. The Hall–Kier alpha value is -0.580. The number of aliphatic hydroxyl groups excluding tert-OH is 4. The molecule has 0 aliphatic heterocycles. The molecular formula is C26H54N2O13P2S. The van der Waals surface area contributed by atoms with Crippen LogP contribution < -0.4 is 10.6 Å². The summed E-state index contributed by atoms with van der Waals surface area (Å²) in [6, 6.07) is 0. The van der Waals surface area contributed by atoms with Crippen LogP contribution >= 0.6 is 14.5 Å². The minimum atomic E-state index is -4.42. The number of carbonyl (C=O) groups excluding carboxylic acids is 2. The van der Waals surface area contributed by atoms with Crippen molar-refractivity contribution in [2.75, 3.05) is 39.5 Å². The van der Waals surface area contributed by atoms with E-state index < -0.39 is 39.0 Å². The Labute approximate surface area is 265 Å². The summed E-state index contributed by atoms with van der Waals surface area (Å²) >= 11 is 4.97. The Balaban J connectivity index is 4.23. The number of amides is 2. The molecule has 7 unspecified atom stereocenters. The van der Waals surface area contributed by atoms with Crippen LogP contribution in [0.4, 0.5) is 0 Å². The van der Waals surface area contributed by atoms with Gasteiger partial charge in [-0.2, -0.15) is 0 Å². The number of carbonyl (C=O) groups is 2. The van der Waals surface area contributed by atoms with Crippen molar-refractivity contribution in [2.24, 2.45) is 23.7 Å². The van der Waals surface area contributed by atoms with Crippen molar-refractivity contribution in [3.63, 3.8) is 0 Å². The predicted molar refractivity (Wildman–Crippen MR) is 166 cm³/mol. The Morgan fingerprint density at radius 3 is 1.73 bits per heavy atom. The van der Waals surface area contributed by atoms with Crippen LogP contribution in [0.2, 0.25) is 0 Å². The third kappa shape index (κ3) is 22.8. The summed E-state index contributed by atoms with van der Waals surface area (Å²) in [6.07, 6.45) is 1.01.